The highest BCUT2D eigenvalue weighted by Gasteiger charge is 2.30. The van der Waals surface area contributed by atoms with Crippen molar-refractivity contribution in [3.63, 3.8) is 0 Å². The molecule has 0 radical (unpaired) electrons. The molecule has 0 fully saturated rings. The maximum atomic E-state index is 12.0. The second-order valence-corrected chi connectivity index (χ2v) is 4.78. The number of aliphatic hydroxyl groups excluding tert-OH is 1. The molecule has 0 aromatic heterocycles. The van der Waals surface area contributed by atoms with E-state index >= 15 is 0 Å². The fraction of sp³-hybridized carbons (Fsp3) is 0.571. The molecule has 0 aliphatic heterocycles. The minimum Gasteiger partial charge on any atom is -0.406 e. The van der Waals surface area contributed by atoms with Gasteiger partial charge >= 0.3 is 6.36 Å². The van der Waals surface area contributed by atoms with Crippen LogP contribution in [0.3, 0.4) is 0 Å². The molecule has 6 heteroatoms. The van der Waals surface area contributed by atoms with Crippen LogP contribution in [0, 0.1) is 0 Å². The summed E-state index contributed by atoms with van der Waals surface area (Å²) in [5, 5.41) is 12.4. The summed E-state index contributed by atoms with van der Waals surface area (Å²) in [6.45, 7) is 4.41. The van der Waals surface area contributed by atoms with Gasteiger partial charge in [-0.05, 0) is 50.9 Å². The Morgan fingerprint density at radius 1 is 1.20 bits per heavy atom. The summed E-state index contributed by atoms with van der Waals surface area (Å²) in [5.74, 6) is -0.220. The lowest BCUT2D eigenvalue weighted by molar-refractivity contribution is -0.274. The third kappa shape index (κ3) is 6.77. The second-order valence-electron chi connectivity index (χ2n) is 4.78. The van der Waals surface area contributed by atoms with Crippen LogP contribution in [0.1, 0.15) is 38.3 Å². The maximum absolute atomic E-state index is 12.0. The first-order valence-electron chi connectivity index (χ1n) is 6.55. The molecule has 20 heavy (non-hydrogen) atoms. The van der Waals surface area contributed by atoms with Crippen molar-refractivity contribution in [3.05, 3.63) is 29.8 Å². The van der Waals surface area contributed by atoms with Gasteiger partial charge in [0.25, 0.3) is 0 Å². The molecule has 0 saturated heterocycles. The smallest absolute Gasteiger partial charge is 0.406 e. The van der Waals surface area contributed by atoms with Crippen LogP contribution in [-0.4, -0.2) is 24.1 Å². The van der Waals surface area contributed by atoms with Gasteiger partial charge in [-0.15, -0.1) is 13.2 Å². The van der Waals surface area contributed by atoms with Gasteiger partial charge in [0.05, 0.1) is 6.10 Å². The van der Waals surface area contributed by atoms with E-state index in [1.807, 2.05) is 6.92 Å². The average Bonchev–Trinajstić information content (AvgIpc) is 2.33. The first-order valence-corrected chi connectivity index (χ1v) is 6.55. The molecule has 2 N–H and O–H groups in total. The van der Waals surface area contributed by atoms with Crippen LogP contribution in [0.2, 0.25) is 0 Å². The summed E-state index contributed by atoms with van der Waals surface area (Å²) in [5.41, 5.74) is 0.886. The van der Waals surface area contributed by atoms with Gasteiger partial charge in [-0.3, -0.25) is 0 Å². The van der Waals surface area contributed by atoms with Crippen molar-refractivity contribution in [2.24, 2.45) is 0 Å². The Hall–Kier alpha value is -1.27. The third-order valence-electron chi connectivity index (χ3n) is 2.86. The molecule has 2 unspecified atom stereocenters. The van der Waals surface area contributed by atoms with Gasteiger partial charge in [-0.1, -0.05) is 12.1 Å². The van der Waals surface area contributed by atoms with E-state index in [4.69, 9.17) is 5.11 Å². The lowest BCUT2D eigenvalue weighted by Gasteiger charge is -2.15. The number of alkyl halides is 3. The van der Waals surface area contributed by atoms with E-state index in [1.54, 1.807) is 19.1 Å². The lowest BCUT2D eigenvalue weighted by Crippen LogP contribution is -2.21. The molecule has 0 bridgehead atoms. The summed E-state index contributed by atoms with van der Waals surface area (Å²) in [6, 6.07) is 5.85. The Labute approximate surface area is 116 Å². The van der Waals surface area contributed by atoms with Crippen molar-refractivity contribution in [1.29, 1.82) is 0 Å². The normalized spacial score (nSPS) is 14.9. The monoisotopic (exact) mass is 291 g/mol. The molecule has 0 spiro atoms. The number of halogens is 3. The third-order valence-corrected chi connectivity index (χ3v) is 2.86. The zero-order valence-electron chi connectivity index (χ0n) is 11.6. The second kappa shape index (κ2) is 7.50. The van der Waals surface area contributed by atoms with Crippen LogP contribution in [0.5, 0.6) is 5.75 Å². The van der Waals surface area contributed by atoms with E-state index < -0.39 is 6.36 Å². The zero-order valence-corrected chi connectivity index (χ0v) is 11.6. The highest BCUT2D eigenvalue weighted by molar-refractivity contribution is 5.29. The Balaban J connectivity index is 2.43. The van der Waals surface area contributed by atoms with E-state index in [1.165, 1.54) is 12.1 Å². The van der Waals surface area contributed by atoms with Crippen molar-refractivity contribution in [2.45, 2.75) is 45.2 Å². The van der Waals surface area contributed by atoms with Crippen LogP contribution in [0.15, 0.2) is 24.3 Å². The van der Waals surface area contributed by atoms with Crippen LogP contribution in [0.25, 0.3) is 0 Å². The molecule has 0 aliphatic rings. The molecular formula is C14H20F3NO2. The molecule has 0 heterocycles. The molecular weight excluding hydrogens is 271 g/mol. The lowest BCUT2D eigenvalue weighted by atomic mass is 10.1. The summed E-state index contributed by atoms with van der Waals surface area (Å²) in [7, 11) is 0. The van der Waals surface area contributed by atoms with Crippen LogP contribution >= 0.6 is 0 Å². The number of benzene rings is 1. The predicted molar refractivity (Wildman–Crippen MR) is 70.5 cm³/mol. The van der Waals surface area contributed by atoms with E-state index in [-0.39, 0.29) is 17.9 Å². The van der Waals surface area contributed by atoms with Gasteiger partial charge in [0.1, 0.15) is 5.75 Å². The fourth-order valence-corrected chi connectivity index (χ4v) is 1.79. The molecule has 3 nitrogen and oxygen atoms in total. The van der Waals surface area contributed by atoms with Gasteiger partial charge in [-0.25, -0.2) is 0 Å². The highest BCUT2D eigenvalue weighted by Crippen LogP contribution is 2.24. The minimum atomic E-state index is -4.66. The molecule has 0 saturated carbocycles. The van der Waals surface area contributed by atoms with Crippen LogP contribution < -0.4 is 10.1 Å². The maximum Gasteiger partial charge on any atom is 0.573 e. The number of aliphatic hydroxyl groups is 1. The Morgan fingerprint density at radius 2 is 1.80 bits per heavy atom. The molecule has 114 valence electrons. The fourth-order valence-electron chi connectivity index (χ4n) is 1.79. The SMILES string of the molecule is CC(O)CCCNC(C)c1ccc(OC(F)(F)F)cc1. The van der Waals surface area contributed by atoms with E-state index in [0.29, 0.717) is 0 Å². The Morgan fingerprint density at radius 3 is 2.30 bits per heavy atom. The van der Waals surface area contributed by atoms with Gasteiger partial charge in [0.15, 0.2) is 0 Å². The standard InChI is InChI=1S/C14H20F3NO2/c1-10(19)4-3-9-18-11(2)12-5-7-13(8-6-12)20-14(15,16)17/h5-8,10-11,18-19H,3-4,9H2,1-2H3. The molecule has 0 aliphatic carbocycles. The Bertz CT molecular complexity index is 390. The summed E-state index contributed by atoms with van der Waals surface area (Å²) in [4.78, 5) is 0. The largest absolute Gasteiger partial charge is 0.573 e. The van der Waals surface area contributed by atoms with E-state index in [9.17, 15) is 13.2 Å². The number of ether oxygens (including phenoxy) is 1. The van der Waals surface area contributed by atoms with Crippen molar-refractivity contribution >= 4 is 0 Å². The van der Waals surface area contributed by atoms with Gasteiger partial charge < -0.3 is 15.2 Å². The summed E-state index contributed by atoms with van der Waals surface area (Å²) < 4.78 is 39.9. The summed E-state index contributed by atoms with van der Waals surface area (Å²) >= 11 is 0. The van der Waals surface area contributed by atoms with Crippen molar-refractivity contribution in [1.82, 2.24) is 5.32 Å². The number of rotatable bonds is 7. The van der Waals surface area contributed by atoms with Crippen LogP contribution in [-0.2, 0) is 0 Å². The molecule has 0 amide bonds. The predicted octanol–water partition coefficient (Wildman–Crippen LogP) is 3.40. The van der Waals surface area contributed by atoms with Gasteiger partial charge in [0.2, 0.25) is 0 Å². The first kappa shape index (κ1) is 16.8. The molecule has 1 aromatic rings. The van der Waals surface area contributed by atoms with Gasteiger partial charge in [-0.2, -0.15) is 0 Å². The first-order chi connectivity index (χ1) is 9.28. The highest BCUT2D eigenvalue weighted by atomic mass is 19.4. The summed E-state index contributed by atoms with van der Waals surface area (Å²) in [6.07, 6.45) is -3.41. The average molecular weight is 291 g/mol. The molecule has 1 rings (SSSR count). The van der Waals surface area contributed by atoms with Gasteiger partial charge in [0, 0.05) is 6.04 Å². The molecule has 2 atom stereocenters. The van der Waals surface area contributed by atoms with Crippen molar-refractivity contribution < 1.29 is 23.0 Å². The number of hydrogen-bond acceptors (Lipinski definition) is 3. The quantitative estimate of drug-likeness (QED) is 0.757. The minimum absolute atomic E-state index is 0.0314. The Kier molecular flexibility index (Phi) is 6.29. The van der Waals surface area contributed by atoms with Crippen LogP contribution in [0.4, 0.5) is 13.2 Å². The van der Waals surface area contributed by atoms with E-state index in [2.05, 4.69) is 10.1 Å². The van der Waals surface area contributed by atoms with Crippen molar-refractivity contribution in [2.75, 3.05) is 6.54 Å². The van der Waals surface area contributed by atoms with E-state index in [0.717, 1.165) is 24.9 Å². The topological polar surface area (TPSA) is 41.5 Å². The molecule has 1 aromatic carbocycles. The number of hydrogen-bond donors (Lipinski definition) is 2. The number of nitrogens with one attached hydrogen (secondary N) is 1. The zero-order chi connectivity index (χ0) is 15.2. The van der Waals surface area contributed by atoms with Crippen molar-refractivity contribution in [3.8, 4) is 5.75 Å².